The van der Waals surface area contributed by atoms with Crippen molar-refractivity contribution in [3.05, 3.63) is 0 Å². The van der Waals surface area contributed by atoms with Crippen molar-refractivity contribution in [2.45, 2.75) is 48.4 Å². The van der Waals surface area contributed by atoms with Crippen LogP contribution in [0.2, 0.25) is 0 Å². The molecule has 0 fully saturated rings. The van der Waals surface area contributed by atoms with Crippen molar-refractivity contribution in [1.29, 1.82) is 0 Å². The summed E-state index contributed by atoms with van der Waals surface area (Å²) in [4.78, 5) is 9.79. The maximum Gasteiger partial charge on any atom is 0.460 e. The first-order chi connectivity index (χ1) is 12.6. The Morgan fingerprint density at radius 2 is 0.800 bits per heavy atom. The topological polar surface area (TPSA) is 55.8 Å². The number of rotatable bonds is 9. The third-order valence-corrected chi connectivity index (χ3v) is 2.60. The summed E-state index contributed by atoms with van der Waals surface area (Å²) < 4.78 is 215. The monoisotopic (exact) mass is 496 g/mol. The average Bonchev–Trinajstić information content (AvgIpc) is 2.42. The predicted octanol–water partition coefficient (Wildman–Crippen LogP) is 4.94. The van der Waals surface area contributed by atoms with E-state index in [9.17, 15) is 79.4 Å². The molecule has 0 spiro atoms. The van der Waals surface area contributed by atoms with Gasteiger partial charge < -0.3 is 5.11 Å². The SMILES string of the molecule is O=C(O)C(F)(F)C(F)(F)OC(F)(F)C(F)(F)OC(F)(F)C(F)(F)C(F)(F)C(F)(F)F. The zero-order valence-electron chi connectivity index (χ0n) is 12.6. The standard InChI is InChI=1S/C9HF17O4/c10-2(11,1(27)28)6(19,20)29-8(23,24)9(25,26)30-7(21,22)4(14,15)3(12,13)5(16,17)18/h(H,27,28). The molecule has 180 valence electrons. The molecule has 0 radical (unpaired) electrons. The molecule has 0 aromatic rings. The largest absolute Gasteiger partial charge is 0.477 e. The highest BCUT2D eigenvalue weighted by Gasteiger charge is 2.85. The molecule has 0 unspecified atom stereocenters. The molecule has 0 heterocycles. The molecule has 0 bridgehead atoms. The Labute approximate surface area is 150 Å². The minimum Gasteiger partial charge on any atom is -0.477 e. The molecule has 0 aliphatic heterocycles. The van der Waals surface area contributed by atoms with Crippen molar-refractivity contribution in [1.82, 2.24) is 0 Å². The average molecular weight is 496 g/mol. The number of carboxylic acids is 1. The summed E-state index contributed by atoms with van der Waals surface area (Å²) in [5.41, 5.74) is 0. The number of ether oxygens (including phenoxy) is 2. The highest BCUT2D eigenvalue weighted by atomic mass is 19.4. The first-order valence-electron chi connectivity index (χ1n) is 5.96. The van der Waals surface area contributed by atoms with Gasteiger partial charge in [-0.15, -0.1) is 0 Å². The fraction of sp³-hybridized carbons (Fsp3) is 0.889. The van der Waals surface area contributed by atoms with E-state index in [0.29, 0.717) is 0 Å². The summed E-state index contributed by atoms with van der Waals surface area (Å²) >= 11 is 0. The van der Waals surface area contributed by atoms with E-state index in [4.69, 9.17) is 5.11 Å². The molecular weight excluding hydrogens is 495 g/mol. The summed E-state index contributed by atoms with van der Waals surface area (Å²) in [5, 5.41) is 7.65. The fourth-order valence-corrected chi connectivity index (χ4v) is 1.05. The van der Waals surface area contributed by atoms with Crippen LogP contribution in [0.4, 0.5) is 74.6 Å². The van der Waals surface area contributed by atoms with Crippen molar-refractivity contribution in [3.63, 3.8) is 0 Å². The second kappa shape index (κ2) is 7.12. The number of alkyl halides is 17. The van der Waals surface area contributed by atoms with Gasteiger partial charge in [-0.3, -0.25) is 0 Å². The van der Waals surface area contributed by atoms with Crippen LogP contribution in [0.5, 0.6) is 0 Å². The van der Waals surface area contributed by atoms with Gasteiger partial charge in [-0.25, -0.2) is 14.3 Å². The number of carboxylic acid groups (broad SMARTS) is 1. The summed E-state index contributed by atoms with van der Waals surface area (Å²) in [6.07, 6.45) is -38.2. The van der Waals surface area contributed by atoms with Gasteiger partial charge in [-0.1, -0.05) is 0 Å². The van der Waals surface area contributed by atoms with Gasteiger partial charge in [0.2, 0.25) is 0 Å². The van der Waals surface area contributed by atoms with Crippen LogP contribution in [0.3, 0.4) is 0 Å². The van der Waals surface area contributed by atoms with Gasteiger partial charge in [-0.2, -0.15) is 74.6 Å². The summed E-state index contributed by atoms with van der Waals surface area (Å²) in [5.74, 6) is -26.9. The quantitative estimate of drug-likeness (QED) is 0.460. The van der Waals surface area contributed by atoms with E-state index in [-0.39, 0.29) is 0 Å². The number of carbonyl (C=O) groups is 1. The Morgan fingerprint density at radius 1 is 0.500 bits per heavy atom. The third kappa shape index (κ3) is 4.44. The Bertz CT molecular complexity index is 650. The molecular formula is C9HF17O4. The maximum absolute atomic E-state index is 12.9. The Hall–Kier alpha value is -1.80. The molecule has 0 aromatic heterocycles. The van der Waals surface area contributed by atoms with Gasteiger partial charge in [-0.05, 0) is 0 Å². The highest BCUT2D eigenvalue weighted by molar-refractivity contribution is 5.76. The van der Waals surface area contributed by atoms with Crippen LogP contribution < -0.4 is 0 Å². The van der Waals surface area contributed by atoms with Crippen molar-refractivity contribution >= 4 is 5.97 Å². The van der Waals surface area contributed by atoms with E-state index >= 15 is 0 Å². The summed E-state index contributed by atoms with van der Waals surface area (Å²) in [6.45, 7) is 0. The van der Waals surface area contributed by atoms with Crippen LogP contribution >= 0.6 is 0 Å². The van der Waals surface area contributed by atoms with Crippen molar-refractivity contribution < 1.29 is 94.0 Å². The van der Waals surface area contributed by atoms with E-state index in [1.807, 2.05) is 0 Å². The van der Waals surface area contributed by atoms with Crippen LogP contribution in [0.1, 0.15) is 0 Å². The molecule has 1 N–H and O–H groups in total. The maximum atomic E-state index is 12.9. The third-order valence-electron chi connectivity index (χ3n) is 2.60. The van der Waals surface area contributed by atoms with Crippen LogP contribution in [0, 0.1) is 0 Å². The lowest BCUT2D eigenvalue weighted by molar-refractivity contribution is -0.549. The van der Waals surface area contributed by atoms with E-state index in [1.165, 1.54) is 4.74 Å². The van der Waals surface area contributed by atoms with Gasteiger partial charge in [0.1, 0.15) is 0 Å². The second-order valence-corrected chi connectivity index (χ2v) is 4.80. The molecule has 21 heteroatoms. The van der Waals surface area contributed by atoms with Crippen LogP contribution in [-0.4, -0.2) is 59.5 Å². The van der Waals surface area contributed by atoms with Crippen LogP contribution in [-0.2, 0) is 14.3 Å². The molecule has 4 nitrogen and oxygen atoms in total. The second-order valence-electron chi connectivity index (χ2n) is 4.80. The van der Waals surface area contributed by atoms with Gasteiger partial charge in [0.25, 0.3) is 0 Å². The molecule has 30 heavy (non-hydrogen) atoms. The van der Waals surface area contributed by atoms with E-state index in [1.54, 1.807) is 0 Å². The Balaban J connectivity index is 6.07. The number of halogens is 17. The molecule has 0 aromatic carbocycles. The predicted molar refractivity (Wildman–Crippen MR) is 50.5 cm³/mol. The van der Waals surface area contributed by atoms with E-state index in [0.717, 1.165) is 4.74 Å². The van der Waals surface area contributed by atoms with Crippen molar-refractivity contribution in [2.24, 2.45) is 0 Å². The van der Waals surface area contributed by atoms with E-state index < -0.39 is 54.3 Å². The fourth-order valence-electron chi connectivity index (χ4n) is 1.05. The summed E-state index contributed by atoms with van der Waals surface area (Å²) in [6, 6.07) is 0. The Morgan fingerprint density at radius 3 is 1.07 bits per heavy atom. The van der Waals surface area contributed by atoms with Crippen LogP contribution in [0.15, 0.2) is 0 Å². The molecule has 0 aliphatic rings. The van der Waals surface area contributed by atoms with Crippen molar-refractivity contribution in [3.8, 4) is 0 Å². The molecule has 0 saturated heterocycles. The number of aliphatic carboxylic acids is 1. The minimum absolute atomic E-state index is 1.16. The minimum atomic E-state index is -8.11. The molecule has 0 atom stereocenters. The lowest BCUT2D eigenvalue weighted by Gasteiger charge is -2.36. The normalized spacial score (nSPS) is 16.0. The highest BCUT2D eigenvalue weighted by Crippen LogP contribution is 2.56. The van der Waals surface area contributed by atoms with Gasteiger partial charge in [0.15, 0.2) is 0 Å². The summed E-state index contributed by atoms with van der Waals surface area (Å²) in [7, 11) is 0. The van der Waals surface area contributed by atoms with E-state index in [2.05, 4.69) is 0 Å². The lowest BCUT2D eigenvalue weighted by Crippen LogP contribution is -2.65. The molecule has 0 amide bonds. The Kier molecular flexibility index (Phi) is 6.70. The number of hydrogen-bond donors (Lipinski definition) is 1. The van der Waals surface area contributed by atoms with Gasteiger partial charge in [0.05, 0.1) is 0 Å². The molecule has 0 rings (SSSR count). The van der Waals surface area contributed by atoms with Crippen LogP contribution in [0.25, 0.3) is 0 Å². The molecule has 0 saturated carbocycles. The first kappa shape index (κ1) is 28.2. The van der Waals surface area contributed by atoms with Gasteiger partial charge >= 0.3 is 54.3 Å². The van der Waals surface area contributed by atoms with Gasteiger partial charge in [0, 0.05) is 0 Å². The smallest absolute Gasteiger partial charge is 0.460 e. The number of hydrogen-bond acceptors (Lipinski definition) is 3. The lowest BCUT2D eigenvalue weighted by atomic mass is 10.1. The zero-order valence-corrected chi connectivity index (χ0v) is 12.6. The zero-order chi connectivity index (χ0) is 25.0. The molecule has 0 aliphatic carbocycles. The first-order valence-corrected chi connectivity index (χ1v) is 5.96. The van der Waals surface area contributed by atoms with Crippen molar-refractivity contribution in [2.75, 3.05) is 0 Å².